The lowest BCUT2D eigenvalue weighted by Gasteiger charge is -2.17. The summed E-state index contributed by atoms with van der Waals surface area (Å²) in [5, 5.41) is 0. The van der Waals surface area contributed by atoms with Gasteiger partial charge in [-0.05, 0) is 12.8 Å². The standard InChI is InChI=1S/C8H10O2/c9-6-1-2-7(10)8(5-6)3-4-8/h1-5H2. The van der Waals surface area contributed by atoms with Crippen LogP contribution in [0.25, 0.3) is 0 Å². The minimum Gasteiger partial charge on any atom is -0.300 e. The van der Waals surface area contributed by atoms with Crippen molar-refractivity contribution in [1.29, 1.82) is 0 Å². The van der Waals surface area contributed by atoms with Gasteiger partial charge in [-0.15, -0.1) is 0 Å². The van der Waals surface area contributed by atoms with Gasteiger partial charge in [-0.1, -0.05) is 0 Å². The summed E-state index contributed by atoms with van der Waals surface area (Å²) in [5.41, 5.74) is -0.130. The lowest BCUT2D eigenvalue weighted by atomic mass is 9.84. The third kappa shape index (κ3) is 0.713. The van der Waals surface area contributed by atoms with E-state index in [0.29, 0.717) is 25.0 Å². The van der Waals surface area contributed by atoms with Crippen LogP contribution < -0.4 is 0 Å². The quantitative estimate of drug-likeness (QED) is 0.502. The minimum atomic E-state index is -0.130. The molecule has 2 rings (SSSR count). The summed E-state index contributed by atoms with van der Waals surface area (Å²) in [6, 6.07) is 0. The molecule has 0 amide bonds. The molecule has 2 nitrogen and oxygen atoms in total. The molecule has 0 aromatic carbocycles. The van der Waals surface area contributed by atoms with E-state index in [4.69, 9.17) is 0 Å². The van der Waals surface area contributed by atoms with Gasteiger partial charge >= 0.3 is 0 Å². The molecule has 0 saturated heterocycles. The summed E-state index contributed by atoms with van der Waals surface area (Å²) in [5.74, 6) is 0.629. The molecule has 0 aliphatic heterocycles. The highest BCUT2D eigenvalue weighted by atomic mass is 16.1. The summed E-state index contributed by atoms with van der Waals surface area (Å²) in [4.78, 5) is 22.1. The monoisotopic (exact) mass is 138 g/mol. The maximum Gasteiger partial charge on any atom is 0.139 e. The number of carbonyl (C=O) groups excluding carboxylic acids is 2. The van der Waals surface area contributed by atoms with Crippen LogP contribution in [0.3, 0.4) is 0 Å². The van der Waals surface area contributed by atoms with Crippen molar-refractivity contribution in [3.8, 4) is 0 Å². The molecule has 0 bridgehead atoms. The largest absolute Gasteiger partial charge is 0.300 e. The first kappa shape index (κ1) is 6.08. The maximum atomic E-state index is 11.2. The molecule has 2 aliphatic carbocycles. The maximum absolute atomic E-state index is 11.2. The van der Waals surface area contributed by atoms with Crippen molar-refractivity contribution >= 4 is 11.6 Å². The molecule has 0 aromatic rings. The Morgan fingerprint density at radius 3 is 2.30 bits per heavy atom. The van der Waals surface area contributed by atoms with E-state index in [0.717, 1.165) is 12.8 Å². The molecule has 1 spiro atoms. The highest BCUT2D eigenvalue weighted by molar-refractivity contribution is 5.98. The van der Waals surface area contributed by atoms with Crippen LogP contribution in [0.2, 0.25) is 0 Å². The third-order valence-electron chi connectivity index (χ3n) is 2.61. The Hall–Kier alpha value is -0.660. The van der Waals surface area contributed by atoms with E-state index in [1.165, 1.54) is 0 Å². The lowest BCUT2D eigenvalue weighted by molar-refractivity contribution is -0.134. The average Bonchev–Trinajstić information content (AvgIpc) is 2.62. The Labute approximate surface area is 59.6 Å². The van der Waals surface area contributed by atoms with Gasteiger partial charge in [0.15, 0.2) is 0 Å². The zero-order chi connectivity index (χ0) is 7.19. The fraction of sp³-hybridized carbons (Fsp3) is 0.750. The predicted octanol–water partition coefficient (Wildman–Crippen LogP) is 1.09. The van der Waals surface area contributed by atoms with Crippen LogP contribution in [-0.2, 0) is 9.59 Å². The SMILES string of the molecule is O=C1CCC(=O)C2(CC2)C1. The first-order chi connectivity index (χ1) is 4.73. The molecule has 0 heterocycles. The van der Waals surface area contributed by atoms with E-state index >= 15 is 0 Å². The Morgan fingerprint density at radius 1 is 1.10 bits per heavy atom. The summed E-state index contributed by atoms with van der Waals surface area (Å²) in [7, 11) is 0. The van der Waals surface area contributed by atoms with Gasteiger partial charge < -0.3 is 0 Å². The smallest absolute Gasteiger partial charge is 0.139 e. The number of rotatable bonds is 0. The number of hydrogen-bond donors (Lipinski definition) is 0. The van der Waals surface area contributed by atoms with Gasteiger partial charge in [0.1, 0.15) is 11.6 Å². The summed E-state index contributed by atoms with van der Waals surface area (Å²) >= 11 is 0. The molecule has 0 aromatic heterocycles. The van der Waals surface area contributed by atoms with Gasteiger partial charge in [0.2, 0.25) is 0 Å². The molecule has 2 saturated carbocycles. The molecule has 0 unspecified atom stereocenters. The minimum absolute atomic E-state index is 0.130. The van der Waals surface area contributed by atoms with E-state index in [1.807, 2.05) is 0 Å². The van der Waals surface area contributed by atoms with E-state index < -0.39 is 0 Å². The molecule has 2 heteroatoms. The van der Waals surface area contributed by atoms with Crippen molar-refractivity contribution in [3.05, 3.63) is 0 Å². The van der Waals surface area contributed by atoms with E-state index in [1.54, 1.807) is 0 Å². The van der Waals surface area contributed by atoms with Gasteiger partial charge in [-0.25, -0.2) is 0 Å². The number of ketones is 2. The molecule has 10 heavy (non-hydrogen) atoms. The summed E-state index contributed by atoms with van der Waals surface area (Å²) in [6.45, 7) is 0. The normalized spacial score (nSPS) is 29.2. The average molecular weight is 138 g/mol. The number of Topliss-reactive ketones (excluding diaryl/α,β-unsaturated/α-hetero) is 2. The van der Waals surface area contributed by atoms with E-state index in [9.17, 15) is 9.59 Å². The van der Waals surface area contributed by atoms with E-state index in [2.05, 4.69) is 0 Å². The third-order valence-corrected chi connectivity index (χ3v) is 2.61. The molecule has 0 radical (unpaired) electrons. The van der Waals surface area contributed by atoms with Crippen LogP contribution in [0.15, 0.2) is 0 Å². The Balaban J connectivity index is 2.17. The fourth-order valence-corrected chi connectivity index (χ4v) is 1.69. The van der Waals surface area contributed by atoms with Gasteiger partial charge in [-0.3, -0.25) is 9.59 Å². The predicted molar refractivity (Wildman–Crippen MR) is 35.5 cm³/mol. The van der Waals surface area contributed by atoms with Gasteiger partial charge in [-0.2, -0.15) is 0 Å². The molecule has 0 atom stereocenters. The van der Waals surface area contributed by atoms with Crippen molar-refractivity contribution < 1.29 is 9.59 Å². The first-order valence-electron chi connectivity index (χ1n) is 3.78. The van der Waals surface area contributed by atoms with Crippen LogP contribution >= 0.6 is 0 Å². The lowest BCUT2D eigenvalue weighted by Crippen LogP contribution is -2.25. The topological polar surface area (TPSA) is 34.1 Å². The van der Waals surface area contributed by atoms with Crippen molar-refractivity contribution in [2.45, 2.75) is 32.1 Å². The van der Waals surface area contributed by atoms with Crippen molar-refractivity contribution in [3.63, 3.8) is 0 Å². The zero-order valence-corrected chi connectivity index (χ0v) is 5.85. The van der Waals surface area contributed by atoms with Crippen LogP contribution in [0, 0.1) is 5.41 Å². The highest BCUT2D eigenvalue weighted by Crippen LogP contribution is 2.52. The zero-order valence-electron chi connectivity index (χ0n) is 5.85. The molecule has 2 fully saturated rings. The number of hydrogen-bond acceptors (Lipinski definition) is 2. The van der Waals surface area contributed by atoms with Crippen LogP contribution in [0.4, 0.5) is 0 Å². The first-order valence-corrected chi connectivity index (χ1v) is 3.78. The fourth-order valence-electron chi connectivity index (χ4n) is 1.69. The van der Waals surface area contributed by atoms with Crippen molar-refractivity contribution in [1.82, 2.24) is 0 Å². The van der Waals surface area contributed by atoms with Gasteiger partial charge in [0, 0.05) is 24.7 Å². The van der Waals surface area contributed by atoms with Crippen LogP contribution in [0.5, 0.6) is 0 Å². The Bertz CT molecular complexity index is 201. The second kappa shape index (κ2) is 1.68. The van der Waals surface area contributed by atoms with Crippen molar-refractivity contribution in [2.75, 3.05) is 0 Å². The highest BCUT2D eigenvalue weighted by Gasteiger charge is 2.52. The second-order valence-electron chi connectivity index (χ2n) is 3.42. The van der Waals surface area contributed by atoms with Crippen LogP contribution in [0.1, 0.15) is 32.1 Å². The molecule has 54 valence electrons. The molecule has 0 N–H and O–H groups in total. The van der Waals surface area contributed by atoms with Crippen LogP contribution in [-0.4, -0.2) is 11.6 Å². The van der Waals surface area contributed by atoms with E-state index in [-0.39, 0.29) is 11.2 Å². The Morgan fingerprint density at radius 2 is 1.80 bits per heavy atom. The second-order valence-corrected chi connectivity index (χ2v) is 3.42. The Kier molecular flexibility index (Phi) is 1.02. The molecule has 2 aliphatic rings. The summed E-state index contributed by atoms with van der Waals surface area (Å²) < 4.78 is 0. The van der Waals surface area contributed by atoms with Crippen molar-refractivity contribution in [2.24, 2.45) is 5.41 Å². The summed E-state index contributed by atoms with van der Waals surface area (Å²) in [6.07, 6.45) is 3.50. The molecular formula is C8H10O2. The molecular weight excluding hydrogens is 128 g/mol. The van der Waals surface area contributed by atoms with Gasteiger partial charge in [0.05, 0.1) is 0 Å². The number of carbonyl (C=O) groups is 2. The van der Waals surface area contributed by atoms with Gasteiger partial charge in [0.25, 0.3) is 0 Å².